The molecule has 0 heterocycles. The molecule has 0 spiro atoms. The minimum Gasteiger partial charge on any atom is -0.396 e. The highest BCUT2D eigenvalue weighted by Crippen LogP contribution is 2.12. The average Bonchev–Trinajstić information content (AvgIpc) is 2.59. The molecule has 0 fully saturated rings. The van der Waals surface area contributed by atoms with Crippen molar-refractivity contribution in [2.24, 2.45) is 5.41 Å². The monoisotopic (exact) mass is 370 g/mol. The largest absolute Gasteiger partial charge is 0.396 e. The van der Waals surface area contributed by atoms with Gasteiger partial charge in [0.2, 0.25) is 0 Å². The van der Waals surface area contributed by atoms with Crippen LogP contribution in [0.15, 0.2) is 0 Å². The Labute approximate surface area is 149 Å². The third-order valence-corrected chi connectivity index (χ3v) is 4.65. The molecule has 0 saturated carbocycles. The minimum atomic E-state index is -1.58. The molecule has 24 heavy (non-hydrogen) atoms. The number of hydrogen-bond donors (Lipinski definition) is 5. The second-order valence-electron chi connectivity index (χ2n) is 6.34. The van der Waals surface area contributed by atoms with Crippen LogP contribution in [0.4, 0.5) is 0 Å². The minimum absolute atomic E-state index is 0.406. The van der Waals surface area contributed by atoms with Crippen molar-refractivity contribution >= 4 is 11.1 Å². The van der Waals surface area contributed by atoms with E-state index in [2.05, 4.69) is 6.92 Å². The molecule has 1 unspecified atom stereocenters. The second-order valence-corrected chi connectivity index (χ2v) is 7.39. The lowest BCUT2D eigenvalue weighted by atomic mass is 9.93. The molecular weight excluding hydrogens is 332 g/mol. The van der Waals surface area contributed by atoms with Gasteiger partial charge in [0.1, 0.15) is 0 Å². The summed E-state index contributed by atoms with van der Waals surface area (Å²) in [7, 11) is 0. The molecule has 5 N–H and O–H groups in total. The van der Waals surface area contributed by atoms with Gasteiger partial charge in [-0.05, 0) is 6.42 Å². The summed E-state index contributed by atoms with van der Waals surface area (Å²) in [5.41, 5.74) is -1.11. The molecule has 0 aliphatic carbocycles. The van der Waals surface area contributed by atoms with Crippen LogP contribution in [0, 0.1) is 5.41 Å². The first-order valence-electron chi connectivity index (χ1n) is 9.02. The zero-order valence-electron chi connectivity index (χ0n) is 15.2. The Bertz CT molecular complexity index is 254. The van der Waals surface area contributed by atoms with Gasteiger partial charge in [-0.15, -0.1) is 0 Å². The van der Waals surface area contributed by atoms with Crippen LogP contribution in [0.3, 0.4) is 0 Å². The van der Waals surface area contributed by atoms with Gasteiger partial charge in [-0.25, -0.2) is 4.21 Å². The van der Waals surface area contributed by atoms with Gasteiger partial charge in [0.25, 0.3) is 0 Å². The Kier molecular flexibility index (Phi) is 21.0. The normalized spacial score (nSPS) is 12.6. The molecule has 0 bridgehead atoms. The lowest BCUT2D eigenvalue weighted by Gasteiger charge is -2.23. The molecule has 0 radical (unpaired) electrons. The lowest BCUT2D eigenvalue weighted by Crippen LogP contribution is -2.37. The maximum atomic E-state index is 10.3. The average molecular weight is 371 g/mol. The summed E-state index contributed by atoms with van der Waals surface area (Å²) in [4.78, 5) is 0. The van der Waals surface area contributed by atoms with Crippen LogP contribution in [-0.2, 0) is 11.1 Å². The van der Waals surface area contributed by atoms with E-state index < -0.39 is 42.9 Å². The van der Waals surface area contributed by atoms with Crippen molar-refractivity contribution in [3.8, 4) is 0 Å². The zero-order chi connectivity index (χ0) is 18.7. The number of aliphatic hydroxyl groups is 4. The highest BCUT2D eigenvalue weighted by atomic mass is 32.2. The predicted molar refractivity (Wildman–Crippen MR) is 98.3 cm³/mol. The summed E-state index contributed by atoms with van der Waals surface area (Å²) in [6.45, 7) is 0.616. The van der Waals surface area contributed by atoms with E-state index in [-0.39, 0.29) is 0 Å². The highest BCUT2D eigenvalue weighted by molar-refractivity contribution is 7.79. The van der Waals surface area contributed by atoms with E-state index in [1.54, 1.807) is 0 Å². The summed E-state index contributed by atoms with van der Waals surface area (Å²) >= 11 is -1.58. The SMILES string of the molecule is CCCCCCCCCCCCS(=O)O.OCC(CO)(CO)CO. The number of hydrogen-bond acceptors (Lipinski definition) is 5. The molecule has 1 atom stereocenters. The van der Waals surface area contributed by atoms with E-state index in [0.29, 0.717) is 5.75 Å². The number of unbranched alkanes of at least 4 members (excludes halogenated alkanes) is 9. The van der Waals surface area contributed by atoms with Crippen LogP contribution < -0.4 is 0 Å². The fraction of sp³-hybridized carbons (Fsp3) is 1.00. The van der Waals surface area contributed by atoms with Gasteiger partial charge >= 0.3 is 0 Å². The molecule has 0 rings (SSSR count). The molecule has 7 heteroatoms. The van der Waals surface area contributed by atoms with Crippen molar-refractivity contribution in [3.63, 3.8) is 0 Å². The summed E-state index contributed by atoms with van der Waals surface area (Å²) in [5.74, 6) is 0.455. The Hall–Kier alpha value is -0.0500. The fourth-order valence-corrected chi connectivity index (χ4v) is 2.46. The van der Waals surface area contributed by atoms with Gasteiger partial charge in [-0.2, -0.15) is 0 Å². The van der Waals surface area contributed by atoms with Gasteiger partial charge in [-0.3, -0.25) is 0 Å². The van der Waals surface area contributed by atoms with Crippen LogP contribution in [0.5, 0.6) is 0 Å². The molecule has 0 amide bonds. The van der Waals surface area contributed by atoms with Crippen molar-refractivity contribution in [2.45, 2.75) is 71.1 Å². The Morgan fingerprint density at radius 2 is 1.00 bits per heavy atom. The van der Waals surface area contributed by atoms with Crippen molar-refractivity contribution in [2.75, 3.05) is 32.2 Å². The van der Waals surface area contributed by atoms with Crippen molar-refractivity contribution in [3.05, 3.63) is 0 Å². The third-order valence-electron chi connectivity index (χ3n) is 4.01. The van der Waals surface area contributed by atoms with E-state index in [9.17, 15) is 4.21 Å². The van der Waals surface area contributed by atoms with E-state index in [1.165, 1.54) is 51.4 Å². The van der Waals surface area contributed by atoms with Gasteiger partial charge in [0.05, 0.1) is 31.8 Å². The molecule has 148 valence electrons. The smallest absolute Gasteiger partial charge is 0.152 e. The fourth-order valence-electron chi connectivity index (χ4n) is 2.01. The topological polar surface area (TPSA) is 118 Å². The maximum Gasteiger partial charge on any atom is 0.152 e. The first-order chi connectivity index (χ1) is 11.5. The lowest BCUT2D eigenvalue weighted by molar-refractivity contribution is -0.0328. The summed E-state index contributed by atoms with van der Waals surface area (Å²) < 4.78 is 18.9. The maximum absolute atomic E-state index is 10.3. The molecule has 0 aromatic rings. The summed E-state index contributed by atoms with van der Waals surface area (Å²) in [6.07, 6.45) is 12.7. The van der Waals surface area contributed by atoms with Gasteiger partial charge in [0, 0.05) is 5.75 Å². The molecule has 0 aromatic heterocycles. The van der Waals surface area contributed by atoms with E-state index in [0.717, 1.165) is 12.8 Å². The first kappa shape index (κ1) is 26.2. The standard InChI is InChI=1S/C12H26O2S.C5H12O4/c1-2-3-4-5-6-7-8-9-10-11-12-15(13)14;6-1-5(2-7,3-8)4-9/h2-12H2,1H3,(H,13,14);6-9H,1-4H2. The molecule has 0 aliphatic heterocycles. The van der Waals surface area contributed by atoms with Crippen LogP contribution in [-0.4, -0.2) is 61.4 Å². The Morgan fingerprint density at radius 3 is 1.25 bits per heavy atom. The van der Waals surface area contributed by atoms with Crippen LogP contribution in [0.25, 0.3) is 0 Å². The van der Waals surface area contributed by atoms with E-state index >= 15 is 0 Å². The van der Waals surface area contributed by atoms with Crippen molar-refractivity contribution < 1.29 is 29.2 Å². The summed E-state index contributed by atoms with van der Waals surface area (Å²) in [5, 5.41) is 34.0. The van der Waals surface area contributed by atoms with Gasteiger partial charge in [-0.1, -0.05) is 64.7 Å². The van der Waals surface area contributed by atoms with E-state index in [4.69, 9.17) is 25.0 Å². The first-order valence-corrected chi connectivity index (χ1v) is 10.3. The predicted octanol–water partition coefficient (Wildman–Crippen LogP) is 2.07. The van der Waals surface area contributed by atoms with E-state index in [1.807, 2.05) is 0 Å². The van der Waals surface area contributed by atoms with Gasteiger partial charge in [0.15, 0.2) is 11.1 Å². The molecule has 0 aromatic carbocycles. The second kappa shape index (κ2) is 19.3. The molecule has 6 nitrogen and oxygen atoms in total. The zero-order valence-corrected chi connectivity index (χ0v) is 16.0. The van der Waals surface area contributed by atoms with Crippen LogP contribution >= 0.6 is 0 Å². The van der Waals surface area contributed by atoms with Crippen LogP contribution in [0.2, 0.25) is 0 Å². The molecule has 0 saturated heterocycles. The van der Waals surface area contributed by atoms with Crippen molar-refractivity contribution in [1.82, 2.24) is 0 Å². The summed E-state index contributed by atoms with van der Waals surface area (Å²) in [6, 6.07) is 0. The number of rotatable bonds is 15. The van der Waals surface area contributed by atoms with Gasteiger partial charge < -0.3 is 25.0 Å². The highest BCUT2D eigenvalue weighted by Gasteiger charge is 2.26. The number of aliphatic hydroxyl groups excluding tert-OH is 4. The molecule has 0 aliphatic rings. The Balaban J connectivity index is 0. The van der Waals surface area contributed by atoms with Crippen molar-refractivity contribution in [1.29, 1.82) is 0 Å². The quantitative estimate of drug-likeness (QED) is 0.222. The van der Waals surface area contributed by atoms with Crippen LogP contribution in [0.1, 0.15) is 71.1 Å². The Morgan fingerprint density at radius 1 is 0.667 bits per heavy atom. The third kappa shape index (κ3) is 16.8. The molecular formula is C17H38O6S.